The molecule has 84 valence electrons. The molecule has 0 fully saturated rings. The molecular weight excluding hydrogens is 223 g/mol. The van der Waals surface area contributed by atoms with Gasteiger partial charge in [0.25, 0.3) is 0 Å². The van der Waals surface area contributed by atoms with E-state index in [0.29, 0.717) is 5.75 Å². The molecule has 1 rings (SSSR count). The van der Waals surface area contributed by atoms with Crippen LogP contribution in [-0.2, 0) is 10.2 Å². The zero-order valence-electron chi connectivity index (χ0n) is 8.57. The summed E-state index contributed by atoms with van der Waals surface area (Å²) < 4.78 is 44.3. The molecule has 0 aromatic heterocycles. The lowest BCUT2D eigenvalue weighted by molar-refractivity contribution is 0.384. The van der Waals surface area contributed by atoms with Crippen molar-refractivity contribution >= 4 is 10.2 Å². The third kappa shape index (κ3) is 2.38. The Morgan fingerprint density at radius 3 is 2.20 bits per heavy atom. The average Bonchev–Trinajstić information content (AvgIpc) is 2.14. The minimum absolute atomic E-state index is 0.0608. The number of ether oxygens (including phenoxy) is 2. The van der Waals surface area contributed by atoms with Crippen LogP contribution >= 0.6 is 0 Å². The van der Waals surface area contributed by atoms with Crippen LogP contribution in [0.1, 0.15) is 5.56 Å². The molecule has 15 heavy (non-hydrogen) atoms. The topological polar surface area (TPSA) is 52.6 Å². The largest absolute Gasteiger partial charge is 0.497 e. The van der Waals surface area contributed by atoms with Crippen molar-refractivity contribution in [1.82, 2.24) is 0 Å². The van der Waals surface area contributed by atoms with E-state index < -0.39 is 15.1 Å². The molecule has 0 radical (unpaired) electrons. The number of benzene rings is 1. The Morgan fingerprint density at radius 2 is 1.80 bits per heavy atom. The fraction of sp³-hybridized carbons (Fsp3) is 0.333. The molecule has 0 unspecified atom stereocenters. The first-order valence-corrected chi connectivity index (χ1v) is 5.45. The monoisotopic (exact) mass is 234 g/mol. The van der Waals surface area contributed by atoms with Crippen LogP contribution in [0.25, 0.3) is 0 Å². The first kappa shape index (κ1) is 11.8. The Kier molecular flexibility index (Phi) is 3.18. The van der Waals surface area contributed by atoms with E-state index in [-0.39, 0.29) is 11.3 Å². The van der Waals surface area contributed by atoms with Gasteiger partial charge in [0.1, 0.15) is 16.4 Å². The van der Waals surface area contributed by atoms with E-state index in [0.717, 1.165) is 0 Å². The number of aryl methyl sites for hydroxylation is 1. The van der Waals surface area contributed by atoms with Gasteiger partial charge in [-0.15, -0.1) is 3.89 Å². The summed E-state index contributed by atoms with van der Waals surface area (Å²) in [6, 6.07) is 2.74. The lowest BCUT2D eigenvalue weighted by atomic mass is 10.2. The molecule has 0 bridgehead atoms. The van der Waals surface area contributed by atoms with Crippen molar-refractivity contribution in [2.45, 2.75) is 11.8 Å². The minimum atomic E-state index is -4.78. The summed E-state index contributed by atoms with van der Waals surface area (Å²) in [6.07, 6.45) is 0. The third-order valence-electron chi connectivity index (χ3n) is 1.91. The van der Waals surface area contributed by atoms with Crippen LogP contribution in [0.5, 0.6) is 11.5 Å². The van der Waals surface area contributed by atoms with Gasteiger partial charge in [-0.3, -0.25) is 0 Å². The molecule has 0 aliphatic heterocycles. The van der Waals surface area contributed by atoms with E-state index in [1.165, 1.54) is 33.3 Å². The summed E-state index contributed by atoms with van der Waals surface area (Å²) in [4.78, 5) is -0.453. The Balaban J connectivity index is 3.52. The normalized spacial score (nSPS) is 11.2. The Morgan fingerprint density at radius 1 is 1.20 bits per heavy atom. The second-order valence-corrected chi connectivity index (χ2v) is 4.20. The Hall–Kier alpha value is -1.30. The van der Waals surface area contributed by atoms with E-state index in [1.807, 2.05) is 0 Å². The van der Waals surface area contributed by atoms with Crippen molar-refractivity contribution in [2.75, 3.05) is 14.2 Å². The zero-order valence-corrected chi connectivity index (χ0v) is 9.39. The molecule has 0 amide bonds. The van der Waals surface area contributed by atoms with Gasteiger partial charge in [0.15, 0.2) is 0 Å². The first-order chi connectivity index (χ1) is 6.90. The molecule has 1 aromatic rings. The van der Waals surface area contributed by atoms with Gasteiger partial charge in [-0.25, -0.2) is 0 Å². The highest BCUT2D eigenvalue weighted by molar-refractivity contribution is 7.86. The molecule has 6 heteroatoms. The summed E-state index contributed by atoms with van der Waals surface area (Å²) >= 11 is 0. The SMILES string of the molecule is COc1cc(C)c(S(=O)(=O)F)c(OC)c1. The molecule has 4 nitrogen and oxygen atoms in total. The molecule has 0 atom stereocenters. The van der Waals surface area contributed by atoms with E-state index in [2.05, 4.69) is 0 Å². The second-order valence-electron chi connectivity index (χ2n) is 2.91. The molecule has 0 heterocycles. The van der Waals surface area contributed by atoms with Gasteiger partial charge >= 0.3 is 10.2 Å². The van der Waals surface area contributed by atoms with Gasteiger partial charge in [-0.1, -0.05) is 0 Å². The number of hydrogen-bond acceptors (Lipinski definition) is 4. The number of methoxy groups -OCH3 is 2. The van der Waals surface area contributed by atoms with Gasteiger partial charge in [-0.05, 0) is 18.6 Å². The van der Waals surface area contributed by atoms with Crippen molar-refractivity contribution in [3.8, 4) is 11.5 Å². The molecule has 0 saturated carbocycles. The minimum Gasteiger partial charge on any atom is -0.497 e. The second kappa shape index (κ2) is 4.06. The summed E-state index contributed by atoms with van der Waals surface area (Å²) in [5.41, 5.74) is 0.244. The van der Waals surface area contributed by atoms with Crippen LogP contribution in [0, 0.1) is 6.92 Å². The molecule has 0 aliphatic carbocycles. The van der Waals surface area contributed by atoms with E-state index in [9.17, 15) is 12.3 Å². The van der Waals surface area contributed by atoms with Crippen LogP contribution in [0.15, 0.2) is 17.0 Å². The van der Waals surface area contributed by atoms with Crippen molar-refractivity contribution in [3.05, 3.63) is 17.7 Å². The standard InChI is InChI=1S/C9H11FO4S/c1-6-4-7(13-2)5-8(14-3)9(6)15(10,11)12/h4-5H,1-3H3. The van der Waals surface area contributed by atoms with Crippen molar-refractivity contribution in [1.29, 1.82) is 0 Å². The Bertz CT molecular complexity index is 467. The van der Waals surface area contributed by atoms with Crippen LogP contribution in [0.4, 0.5) is 3.89 Å². The van der Waals surface area contributed by atoms with Crippen LogP contribution in [0.2, 0.25) is 0 Å². The fourth-order valence-electron chi connectivity index (χ4n) is 1.29. The molecule has 0 spiro atoms. The lowest BCUT2D eigenvalue weighted by Gasteiger charge is -2.10. The lowest BCUT2D eigenvalue weighted by Crippen LogP contribution is -2.01. The number of hydrogen-bond donors (Lipinski definition) is 0. The van der Waals surface area contributed by atoms with E-state index in [1.54, 1.807) is 0 Å². The first-order valence-electron chi connectivity index (χ1n) is 4.07. The van der Waals surface area contributed by atoms with E-state index in [4.69, 9.17) is 9.47 Å². The fourth-order valence-corrected chi connectivity index (χ4v) is 2.12. The number of rotatable bonds is 3. The average molecular weight is 234 g/mol. The maximum Gasteiger partial charge on any atom is 0.336 e. The molecule has 0 aliphatic rings. The van der Waals surface area contributed by atoms with Crippen molar-refractivity contribution < 1.29 is 21.8 Å². The summed E-state index contributed by atoms with van der Waals surface area (Å²) in [7, 11) is -2.09. The zero-order chi connectivity index (χ0) is 11.6. The van der Waals surface area contributed by atoms with Gasteiger partial charge in [-0.2, -0.15) is 8.42 Å². The highest BCUT2D eigenvalue weighted by Crippen LogP contribution is 2.32. The van der Waals surface area contributed by atoms with Crippen LogP contribution < -0.4 is 9.47 Å². The van der Waals surface area contributed by atoms with E-state index >= 15 is 0 Å². The predicted molar refractivity (Wildman–Crippen MR) is 52.6 cm³/mol. The Labute approximate surface area is 87.8 Å². The van der Waals surface area contributed by atoms with Crippen LogP contribution in [0.3, 0.4) is 0 Å². The number of halogens is 1. The predicted octanol–water partition coefficient (Wildman–Crippen LogP) is 1.67. The maximum atomic E-state index is 12.9. The van der Waals surface area contributed by atoms with Crippen molar-refractivity contribution in [3.63, 3.8) is 0 Å². The molecule has 1 aromatic carbocycles. The smallest absolute Gasteiger partial charge is 0.336 e. The van der Waals surface area contributed by atoms with Crippen molar-refractivity contribution in [2.24, 2.45) is 0 Å². The van der Waals surface area contributed by atoms with Gasteiger partial charge in [0.2, 0.25) is 0 Å². The highest BCUT2D eigenvalue weighted by atomic mass is 32.3. The molecular formula is C9H11FO4S. The molecule has 0 N–H and O–H groups in total. The summed E-state index contributed by atoms with van der Waals surface area (Å²) in [6.45, 7) is 1.47. The van der Waals surface area contributed by atoms with Gasteiger partial charge in [0, 0.05) is 6.07 Å². The third-order valence-corrected chi connectivity index (χ3v) is 2.92. The summed E-state index contributed by atoms with van der Waals surface area (Å²) in [5, 5.41) is 0. The van der Waals surface area contributed by atoms with Gasteiger partial charge in [0.05, 0.1) is 14.2 Å². The highest BCUT2D eigenvalue weighted by Gasteiger charge is 2.22. The van der Waals surface area contributed by atoms with Crippen LogP contribution in [-0.4, -0.2) is 22.6 Å². The van der Waals surface area contributed by atoms with Gasteiger partial charge < -0.3 is 9.47 Å². The molecule has 0 saturated heterocycles. The maximum absolute atomic E-state index is 12.9. The quantitative estimate of drug-likeness (QED) is 0.746. The summed E-state index contributed by atoms with van der Waals surface area (Å²) in [5.74, 6) is 0.353.